The highest BCUT2D eigenvalue weighted by atomic mass is 32.2. The van der Waals surface area contributed by atoms with Gasteiger partial charge in [-0.2, -0.15) is 0 Å². The maximum atomic E-state index is 11.8. The average Bonchev–Trinajstić information content (AvgIpc) is 2.46. The molecule has 122 valence electrons. The first-order valence-corrected chi connectivity index (χ1v) is 9.66. The predicted molar refractivity (Wildman–Crippen MR) is 90.9 cm³/mol. The molecule has 0 spiro atoms. The van der Waals surface area contributed by atoms with Gasteiger partial charge >= 0.3 is 5.69 Å². The lowest BCUT2D eigenvalue weighted by atomic mass is 10.0. The van der Waals surface area contributed by atoms with Crippen molar-refractivity contribution in [3.63, 3.8) is 0 Å². The number of sulfone groups is 1. The van der Waals surface area contributed by atoms with E-state index in [2.05, 4.69) is 13.8 Å². The normalized spacial score (nSPS) is 11.7. The largest absolute Gasteiger partial charge is 0.301 e. The van der Waals surface area contributed by atoms with Crippen LogP contribution < -0.4 is 0 Å². The summed E-state index contributed by atoms with van der Waals surface area (Å²) in [5.74, 6) is 0.400. The minimum absolute atomic E-state index is 0.258. The number of hydrogen-bond donors (Lipinski definition) is 0. The summed E-state index contributed by atoms with van der Waals surface area (Å²) in [5, 5.41) is 11.4. The molecule has 0 aromatic heterocycles. The van der Waals surface area contributed by atoms with Crippen LogP contribution in [0.15, 0.2) is 57.2 Å². The molecule has 0 aliphatic carbocycles. The molecule has 2 rings (SSSR count). The molecule has 2 aromatic carbocycles. The average molecular weight is 351 g/mol. The van der Waals surface area contributed by atoms with E-state index in [-0.39, 0.29) is 10.6 Å². The van der Waals surface area contributed by atoms with Gasteiger partial charge in [-0.1, -0.05) is 43.8 Å². The molecule has 0 atom stereocenters. The van der Waals surface area contributed by atoms with Crippen molar-refractivity contribution in [2.45, 2.75) is 34.5 Å². The van der Waals surface area contributed by atoms with Gasteiger partial charge in [0.2, 0.25) is 0 Å². The van der Waals surface area contributed by atoms with E-state index >= 15 is 0 Å². The quantitative estimate of drug-likeness (QED) is 0.594. The molecule has 2 aromatic rings. The summed E-state index contributed by atoms with van der Waals surface area (Å²) in [7, 11) is -3.67. The highest BCUT2D eigenvalue weighted by molar-refractivity contribution is 7.99. The summed E-state index contributed by atoms with van der Waals surface area (Å²) in [6.07, 6.45) is 0.973. The number of benzene rings is 2. The van der Waals surface area contributed by atoms with Gasteiger partial charge in [0.1, 0.15) is 4.90 Å². The lowest BCUT2D eigenvalue weighted by Crippen LogP contribution is -2.03. The van der Waals surface area contributed by atoms with Gasteiger partial charge in [0.25, 0.3) is 0 Å². The van der Waals surface area contributed by atoms with Gasteiger partial charge in [0, 0.05) is 11.2 Å². The highest BCUT2D eigenvalue weighted by Gasteiger charge is 2.26. The van der Waals surface area contributed by atoms with E-state index in [1.165, 1.54) is 29.5 Å². The first-order chi connectivity index (χ1) is 10.7. The Labute approximate surface area is 139 Å². The molecule has 0 saturated carbocycles. The number of nitrogens with zero attached hydrogens (tertiary/aromatic N) is 1. The molecule has 0 amide bonds. The number of rotatable bonds is 5. The molecule has 0 bridgehead atoms. The highest BCUT2D eigenvalue weighted by Crippen LogP contribution is 2.38. The second-order valence-electron chi connectivity index (χ2n) is 5.46. The summed E-state index contributed by atoms with van der Waals surface area (Å²) in [4.78, 5) is 11.6. The first kappa shape index (κ1) is 17.5. The molecular formula is C16H17NO4S2. The Hall–Kier alpha value is -1.86. The van der Waals surface area contributed by atoms with Gasteiger partial charge in [-0.3, -0.25) is 10.1 Å². The predicted octanol–water partition coefficient (Wildman–Crippen LogP) is 4.27. The van der Waals surface area contributed by atoms with Gasteiger partial charge in [-0.25, -0.2) is 8.42 Å². The van der Waals surface area contributed by atoms with Gasteiger partial charge in [-0.05, 0) is 35.7 Å². The van der Waals surface area contributed by atoms with Crippen molar-refractivity contribution in [3.05, 3.63) is 58.1 Å². The lowest BCUT2D eigenvalue weighted by molar-refractivity contribution is -0.390. The Bertz CT molecular complexity index is 828. The standard InChI is InChI=1S/C16H17NO4S2/c1-11(2)12-7-9-13(10-8-12)22-14-5-4-6-15(23(3,20)21)16(14)17(18)19/h4-11H,1-3H3. The van der Waals surface area contributed by atoms with E-state index in [4.69, 9.17) is 0 Å². The third-order valence-electron chi connectivity index (χ3n) is 3.32. The summed E-state index contributed by atoms with van der Waals surface area (Å²) in [6.45, 7) is 4.17. The first-order valence-electron chi connectivity index (χ1n) is 6.95. The fourth-order valence-electron chi connectivity index (χ4n) is 2.11. The number of nitro groups is 1. The number of para-hydroxylation sites is 1. The molecular weight excluding hydrogens is 334 g/mol. The van der Waals surface area contributed by atoms with Crippen molar-refractivity contribution in [2.75, 3.05) is 6.26 Å². The van der Waals surface area contributed by atoms with Gasteiger partial charge < -0.3 is 0 Å². The van der Waals surface area contributed by atoms with E-state index in [1.807, 2.05) is 24.3 Å². The zero-order valence-electron chi connectivity index (χ0n) is 13.0. The third-order valence-corrected chi connectivity index (χ3v) is 5.50. The topological polar surface area (TPSA) is 77.3 Å². The van der Waals surface area contributed by atoms with Crippen LogP contribution in [0.1, 0.15) is 25.3 Å². The Morgan fingerprint density at radius 3 is 2.17 bits per heavy atom. The SMILES string of the molecule is CC(C)c1ccc(Sc2cccc(S(C)(=O)=O)c2[N+](=O)[O-])cc1. The second-order valence-corrected chi connectivity index (χ2v) is 8.56. The van der Waals surface area contributed by atoms with Crippen molar-refractivity contribution in [2.24, 2.45) is 0 Å². The van der Waals surface area contributed by atoms with Crippen molar-refractivity contribution in [3.8, 4) is 0 Å². The fraction of sp³-hybridized carbons (Fsp3) is 0.250. The summed E-state index contributed by atoms with van der Waals surface area (Å²) in [6, 6.07) is 12.1. The van der Waals surface area contributed by atoms with Crippen molar-refractivity contribution < 1.29 is 13.3 Å². The van der Waals surface area contributed by atoms with Crippen molar-refractivity contribution >= 4 is 27.3 Å². The second kappa shape index (κ2) is 6.72. The number of nitro benzene ring substituents is 1. The van der Waals surface area contributed by atoms with E-state index in [9.17, 15) is 18.5 Å². The molecule has 0 unspecified atom stereocenters. The Kier molecular flexibility index (Phi) is 5.11. The minimum Gasteiger partial charge on any atom is -0.258 e. The molecule has 5 nitrogen and oxygen atoms in total. The molecule has 0 aliphatic rings. The maximum absolute atomic E-state index is 11.8. The monoisotopic (exact) mass is 351 g/mol. The van der Waals surface area contributed by atoms with Crippen LogP contribution in [0.5, 0.6) is 0 Å². The van der Waals surface area contributed by atoms with Crippen LogP contribution in [0.4, 0.5) is 5.69 Å². The molecule has 0 N–H and O–H groups in total. The Morgan fingerprint density at radius 1 is 1.09 bits per heavy atom. The number of hydrogen-bond acceptors (Lipinski definition) is 5. The van der Waals surface area contributed by atoms with E-state index in [0.717, 1.165) is 11.2 Å². The van der Waals surface area contributed by atoms with Gasteiger partial charge in [0.05, 0.1) is 9.82 Å². The minimum atomic E-state index is -3.67. The van der Waals surface area contributed by atoms with Crippen LogP contribution in [0.25, 0.3) is 0 Å². The molecule has 0 heterocycles. The van der Waals surface area contributed by atoms with E-state index in [0.29, 0.717) is 10.8 Å². The van der Waals surface area contributed by atoms with Crippen LogP contribution in [0, 0.1) is 10.1 Å². The fourth-order valence-corrected chi connectivity index (χ4v) is 3.99. The molecule has 7 heteroatoms. The Morgan fingerprint density at radius 2 is 1.70 bits per heavy atom. The third kappa shape index (κ3) is 4.11. The molecule has 0 radical (unpaired) electrons. The van der Waals surface area contributed by atoms with Gasteiger partial charge in [-0.15, -0.1) is 0 Å². The molecule has 0 saturated heterocycles. The summed E-state index contributed by atoms with van der Waals surface area (Å²) in [5.41, 5.74) is 0.807. The summed E-state index contributed by atoms with van der Waals surface area (Å²) < 4.78 is 23.5. The smallest absolute Gasteiger partial charge is 0.258 e. The zero-order chi connectivity index (χ0) is 17.2. The van der Waals surface area contributed by atoms with E-state index in [1.54, 1.807) is 6.07 Å². The van der Waals surface area contributed by atoms with Crippen LogP contribution in [0.3, 0.4) is 0 Å². The Balaban J connectivity index is 2.46. The molecule has 0 aliphatic heterocycles. The van der Waals surface area contributed by atoms with Crippen LogP contribution in [-0.4, -0.2) is 19.6 Å². The zero-order valence-corrected chi connectivity index (χ0v) is 14.6. The van der Waals surface area contributed by atoms with Gasteiger partial charge in [0.15, 0.2) is 9.84 Å². The van der Waals surface area contributed by atoms with Crippen LogP contribution in [-0.2, 0) is 9.84 Å². The summed E-state index contributed by atoms with van der Waals surface area (Å²) >= 11 is 1.19. The lowest BCUT2D eigenvalue weighted by Gasteiger charge is -2.08. The molecule has 0 fully saturated rings. The maximum Gasteiger partial charge on any atom is 0.301 e. The van der Waals surface area contributed by atoms with Crippen LogP contribution >= 0.6 is 11.8 Å². The van der Waals surface area contributed by atoms with Crippen molar-refractivity contribution in [1.82, 2.24) is 0 Å². The molecule has 23 heavy (non-hydrogen) atoms. The van der Waals surface area contributed by atoms with E-state index < -0.39 is 14.8 Å². The van der Waals surface area contributed by atoms with Crippen molar-refractivity contribution in [1.29, 1.82) is 0 Å². The van der Waals surface area contributed by atoms with Crippen LogP contribution in [0.2, 0.25) is 0 Å².